The third-order valence-electron chi connectivity index (χ3n) is 4.80. The van der Waals surface area contributed by atoms with Gasteiger partial charge in [0.05, 0.1) is 12.8 Å². The molecule has 0 aliphatic carbocycles. The van der Waals surface area contributed by atoms with Crippen molar-refractivity contribution in [3.63, 3.8) is 0 Å². The van der Waals surface area contributed by atoms with Gasteiger partial charge in [-0.1, -0.05) is 5.16 Å². The van der Waals surface area contributed by atoms with E-state index in [1.807, 2.05) is 0 Å². The van der Waals surface area contributed by atoms with E-state index in [-0.39, 0.29) is 30.2 Å². The van der Waals surface area contributed by atoms with Crippen LogP contribution in [0.15, 0.2) is 4.52 Å². The van der Waals surface area contributed by atoms with E-state index >= 15 is 0 Å². The van der Waals surface area contributed by atoms with E-state index < -0.39 is 10.0 Å². The highest BCUT2D eigenvalue weighted by Crippen LogP contribution is 2.23. The summed E-state index contributed by atoms with van der Waals surface area (Å²) in [5, 5.41) is 9.43. The molecule has 1 aromatic rings. The van der Waals surface area contributed by atoms with Gasteiger partial charge in [0, 0.05) is 37.9 Å². The topological polar surface area (TPSA) is 134 Å². The fourth-order valence-corrected chi connectivity index (χ4v) is 4.14. The predicted molar refractivity (Wildman–Crippen MR) is 90.3 cm³/mol. The summed E-state index contributed by atoms with van der Waals surface area (Å²) in [5.74, 6) is 0.337. The molecule has 3 rings (SSSR count). The largest absolute Gasteiger partial charge is 0.356 e. The maximum Gasteiger partial charge on any atom is 0.246 e. The first kappa shape index (κ1) is 18.8. The molecular formula is C15H23N5O5S. The maximum atomic E-state index is 12.3. The number of nitrogens with zero attached hydrogens (tertiary/aromatic N) is 3. The number of carbonyl (C=O) groups excluding carboxylic acids is 2. The molecule has 1 atom stereocenters. The third-order valence-corrected chi connectivity index (χ3v) is 6.11. The molecule has 1 unspecified atom stereocenters. The van der Waals surface area contributed by atoms with Crippen LogP contribution in [0.2, 0.25) is 0 Å². The smallest absolute Gasteiger partial charge is 0.246 e. The Bertz CT molecular complexity index is 769. The van der Waals surface area contributed by atoms with Gasteiger partial charge in [-0.25, -0.2) is 12.7 Å². The van der Waals surface area contributed by atoms with E-state index in [2.05, 4.69) is 20.8 Å². The molecule has 2 amide bonds. The zero-order valence-corrected chi connectivity index (χ0v) is 15.4. The van der Waals surface area contributed by atoms with Crippen LogP contribution < -0.4 is 10.6 Å². The summed E-state index contributed by atoms with van der Waals surface area (Å²) >= 11 is 0. The second kappa shape index (κ2) is 7.70. The average molecular weight is 385 g/mol. The molecule has 0 aromatic carbocycles. The lowest BCUT2D eigenvalue weighted by Gasteiger charge is -2.29. The second-order valence-electron chi connectivity index (χ2n) is 6.74. The van der Waals surface area contributed by atoms with E-state index in [0.717, 1.165) is 6.42 Å². The molecule has 2 fully saturated rings. The van der Waals surface area contributed by atoms with Gasteiger partial charge in [-0.05, 0) is 19.3 Å². The number of nitrogens with one attached hydrogen (secondary N) is 2. The number of piperidine rings is 2. The summed E-state index contributed by atoms with van der Waals surface area (Å²) < 4.78 is 29.5. The SMILES string of the molecule is CS(=O)(=O)N1CCC(C(=O)NCc2nc(C3CCNC(=O)C3)no2)CC1. The molecule has 2 N–H and O–H groups in total. The van der Waals surface area contributed by atoms with Crippen LogP contribution in [0.5, 0.6) is 0 Å². The average Bonchev–Trinajstić information content (AvgIpc) is 3.08. The van der Waals surface area contributed by atoms with E-state index in [4.69, 9.17) is 4.52 Å². The summed E-state index contributed by atoms with van der Waals surface area (Å²) in [6, 6.07) is 0. The number of rotatable bonds is 5. The van der Waals surface area contributed by atoms with E-state index in [1.54, 1.807) is 0 Å². The van der Waals surface area contributed by atoms with E-state index in [9.17, 15) is 18.0 Å². The highest BCUT2D eigenvalue weighted by atomic mass is 32.2. The van der Waals surface area contributed by atoms with Crippen LogP contribution in [0.1, 0.15) is 43.3 Å². The van der Waals surface area contributed by atoms with Crippen LogP contribution in [0.25, 0.3) is 0 Å². The Morgan fingerprint density at radius 1 is 1.35 bits per heavy atom. The number of hydrogen-bond donors (Lipinski definition) is 2. The minimum absolute atomic E-state index is 0.0265. The van der Waals surface area contributed by atoms with Gasteiger partial charge >= 0.3 is 0 Å². The number of sulfonamides is 1. The van der Waals surface area contributed by atoms with E-state index in [0.29, 0.717) is 50.6 Å². The summed E-state index contributed by atoms with van der Waals surface area (Å²) in [6.45, 7) is 1.42. The molecule has 26 heavy (non-hydrogen) atoms. The maximum absolute atomic E-state index is 12.3. The molecular weight excluding hydrogens is 362 g/mol. The Labute approximate surface area is 151 Å². The lowest BCUT2D eigenvalue weighted by molar-refractivity contribution is -0.126. The Morgan fingerprint density at radius 3 is 2.73 bits per heavy atom. The molecule has 2 aliphatic rings. The molecule has 0 spiro atoms. The van der Waals surface area contributed by atoms with Crippen molar-refractivity contribution in [2.45, 2.75) is 38.1 Å². The second-order valence-corrected chi connectivity index (χ2v) is 8.72. The molecule has 2 saturated heterocycles. The quantitative estimate of drug-likeness (QED) is 0.688. The van der Waals surface area contributed by atoms with Crippen molar-refractivity contribution < 1.29 is 22.5 Å². The van der Waals surface area contributed by atoms with Gasteiger partial charge in [-0.15, -0.1) is 0 Å². The standard InChI is InChI=1S/C15H23N5O5S/c1-26(23,24)20-6-3-10(4-7-20)15(22)17-9-13-18-14(19-25-13)11-2-5-16-12(21)8-11/h10-11H,2-9H2,1H3,(H,16,21)(H,17,22). The molecule has 0 saturated carbocycles. The normalized spacial score (nSPS) is 22.8. The van der Waals surface area contributed by atoms with Crippen LogP contribution in [0.4, 0.5) is 0 Å². The van der Waals surface area contributed by atoms with Gasteiger partial charge in [-0.3, -0.25) is 9.59 Å². The predicted octanol–water partition coefficient (Wildman–Crippen LogP) is -0.649. The molecule has 0 bridgehead atoms. The molecule has 144 valence electrons. The minimum Gasteiger partial charge on any atom is -0.356 e. The number of amides is 2. The van der Waals surface area contributed by atoms with Crippen LogP contribution in [-0.2, 0) is 26.2 Å². The van der Waals surface area contributed by atoms with Crippen LogP contribution >= 0.6 is 0 Å². The lowest BCUT2D eigenvalue weighted by atomic mass is 9.97. The fourth-order valence-electron chi connectivity index (χ4n) is 3.27. The summed E-state index contributed by atoms with van der Waals surface area (Å²) in [4.78, 5) is 28.0. The van der Waals surface area contributed by atoms with Gasteiger partial charge in [0.1, 0.15) is 0 Å². The Hall–Kier alpha value is -2.01. The van der Waals surface area contributed by atoms with Gasteiger partial charge in [-0.2, -0.15) is 4.98 Å². The first-order valence-corrected chi connectivity index (χ1v) is 10.5. The van der Waals surface area contributed by atoms with Gasteiger partial charge in [0.2, 0.25) is 27.7 Å². The van der Waals surface area contributed by atoms with Gasteiger partial charge in [0.15, 0.2) is 5.82 Å². The molecule has 2 aliphatic heterocycles. The summed E-state index contributed by atoms with van der Waals surface area (Å²) in [7, 11) is -3.20. The lowest BCUT2D eigenvalue weighted by Crippen LogP contribution is -2.42. The molecule has 10 nitrogen and oxygen atoms in total. The molecule has 1 aromatic heterocycles. The molecule has 11 heteroatoms. The monoisotopic (exact) mass is 385 g/mol. The zero-order valence-electron chi connectivity index (χ0n) is 14.6. The molecule has 0 radical (unpaired) electrons. The van der Waals surface area contributed by atoms with Gasteiger partial charge in [0.25, 0.3) is 0 Å². The number of carbonyl (C=O) groups is 2. The Balaban J connectivity index is 1.47. The first-order chi connectivity index (χ1) is 12.3. The van der Waals surface area contributed by atoms with E-state index in [1.165, 1.54) is 10.6 Å². The highest BCUT2D eigenvalue weighted by Gasteiger charge is 2.29. The van der Waals surface area contributed by atoms with Crippen LogP contribution in [-0.4, -0.2) is 60.6 Å². The van der Waals surface area contributed by atoms with Crippen molar-refractivity contribution >= 4 is 21.8 Å². The van der Waals surface area contributed by atoms with Crippen molar-refractivity contribution in [3.05, 3.63) is 11.7 Å². The van der Waals surface area contributed by atoms with Crippen molar-refractivity contribution in [1.29, 1.82) is 0 Å². The van der Waals surface area contributed by atoms with Crippen molar-refractivity contribution in [2.24, 2.45) is 5.92 Å². The fraction of sp³-hybridized carbons (Fsp3) is 0.733. The van der Waals surface area contributed by atoms with Crippen LogP contribution in [0, 0.1) is 5.92 Å². The van der Waals surface area contributed by atoms with Crippen molar-refractivity contribution in [3.8, 4) is 0 Å². The van der Waals surface area contributed by atoms with Gasteiger partial charge < -0.3 is 15.2 Å². The Kier molecular flexibility index (Phi) is 5.56. The van der Waals surface area contributed by atoms with Crippen molar-refractivity contribution in [2.75, 3.05) is 25.9 Å². The van der Waals surface area contributed by atoms with Crippen molar-refractivity contribution in [1.82, 2.24) is 25.1 Å². The zero-order chi connectivity index (χ0) is 18.7. The number of aromatic nitrogens is 2. The third kappa shape index (κ3) is 4.58. The number of hydrogen-bond acceptors (Lipinski definition) is 7. The summed E-state index contributed by atoms with van der Waals surface area (Å²) in [6.07, 6.45) is 3.26. The highest BCUT2D eigenvalue weighted by molar-refractivity contribution is 7.88. The first-order valence-electron chi connectivity index (χ1n) is 8.65. The molecule has 3 heterocycles. The van der Waals surface area contributed by atoms with Crippen LogP contribution in [0.3, 0.4) is 0 Å². The minimum atomic E-state index is -3.20. The summed E-state index contributed by atoms with van der Waals surface area (Å²) in [5.41, 5.74) is 0. The Morgan fingerprint density at radius 2 is 2.08 bits per heavy atom.